The fourth-order valence-corrected chi connectivity index (χ4v) is 2.33. The molecule has 1 aliphatic rings. The van der Waals surface area contributed by atoms with Crippen molar-refractivity contribution in [1.82, 2.24) is 0 Å². The minimum absolute atomic E-state index is 0.0928. The van der Waals surface area contributed by atoms with Gasteiger partial charge in [-0.2, -0.15) is 0 Å². The second kappa shape index (κ2) is 5.83. The zero-order valence-electron chi connectivity index (χ0n) is 11.0. The molecule has 20 heavy (non-hydrogen) atoms. The highest BCUT2D eigenvalue weighted by molar-refractivity contribution is 6.32. The molecule has 4 nitrogen and oxygen atoms in total. The van der Waals surface area contributed by atoms with Gasteiger partial charge in [0.15, 0.2) is 5.96 Å². The van der Waals surface area contributed by atoms with Gasteiger partial charge in [0.2, 0.25) is 5.92 Å². The Kier molecular flexibility index (Phi) is 4.32. The van der Waals surface area contributed by atoms with Crippen LogP contribution in [0.25, 0.3) is 0 Å². The van der Waals surface area contributed by atoms with Crippen LogP contribution >= 0.6 is 11.6 Å². The molecule has 110 valence electrons. The van der Waals surface area contributed by atoms with E-state index in [1.165, 1.54) is 7.11 Å². The minimum atomic E-state index is -2.52. The SMILES string of the molecule is COc1ccc(NC(N)=NCC2CC(F)(F)C2)cc1Cl. The normalized spacial score (nSPS) is 18.5. The molecule has 0 radical (unpaired) electrons. The molecule has 3 N–H and O–H groups in total. The van der Waals surface area contributed by atoms with Gasteiger partial charge in [-0.05, 0) is 24.1 Å². The maximum atomic E-state index is 12.7. The average molecular weight is 304 g/mol. The minimum Gasteiger partial charge on any atom is -0.495 e. The second-order valence-electron chi connectivity index (χ2n) is 4.83. The summed E-state index contributed by atoms with van der Waals surface area (Å²) < 4.78 is 30.3. The van der Waals surface area contributed by atoms with Gasteiger partial charge in [0.05, 0.1) is 12.1 Å². The highest BCUT2D eigenvalue weighted by atomic mass is 35.5. The molecule has 0 amide bonds. The summed E-state index contributed by atoms with van der Waals surface area (Å²) >= 11 is 5.97. The number of alkyl halides is 2. The van der Waals surface area contributed by atoms with E-state index >= 15 is 0 Å². The van der Waals surface area contributed by atoms with Gasteiger partial charge < -0.3 is 15.8 Å². The molecule has 0 heterocycles. The monoisotopic (exact) mass is 303 g/mol. The van der Waals surface area contributed by atoms with Crippen LogP contribution in [-0.2, 0) is 0 Å². The molecular weight excluding hydrogens is 288 g/mol. The van der Waals surface area contributed by atoms with Gasteiger partial charge in [0.25, 0.3) is 0 Å². The van der Waals surface area contributed by atoms with Gasteiger partial charge in [-0.25, -0.2) is 8.78 Å². The molecular formula is C13H16ClF2N3O. The highest BCUT2D eigenvalue weighted by Crippen LogP contribution is 2.42. The van der Waals surface area contributed by atoms with Crippen molar-refractivity contribution in [3.63, 3.8) is 0 Å². The number of halogens is 3. The summed E-state index contributed by atoms with van der Waals surface area (Å²) in [6.45, 7) is 0.304. The fraction of sp³-hybridized carbons (Fsp3) is 0.462. The molecule has 1 aromatic rings. The number of methoxy groups -OCH3 is 1. The van der Waals surface area contributed by atoms with Crippen molar-refractivity contribution in [2.75, 3.05) is 19.0 Å². The predicted molar refractivity (Wildman–Crippen MR) is 75.8 cm³/mol. The molecule has 0 unspecified atom stereocenters. The number of rotatable bonds is 4. The van der Waals surface area contributed by atoms with Crippen molar-refractivity contribution in [1.29, 1.82) is 0 Å². The van der Waals surface area contributed by atoms with Crippen LogP contribution in [-0.4, -0.2) is 25.5 Å². The molecule has 0 atom stereocenters. The van der Waals surface area contributed by atoms with Crippen molar-refractivity contribution in [3.8, 4) is 5.75 Å². The fourth-order valence-electron chi connectivity index (χ4n) is 2.07. The van der Waals surface area contributed by atoms with Crippen LogP contribution in [0.1, 0.15) is 12.8 Å². The Hall–Kier alpha value is -1.56. The highest BCUT2D eigenvalue weighted by Gasteiger charge is 2.44. The average Bonchev–Trinajstić information content (AvgIpc) is 2.34. The molecule has 1 aromatic carbocycles. The molecule has 1 saturated carbocycles. The number of anilines is 1. The van der Waals surface area contributed by atoms with Crippen LogP contribution in [0.3, 0.4) is 0 Å². The molecule has 1 fully saturated rings. The van der Waals surface area contributed by atoms with Gasteiger partial charge in [0, 0.05) is 25.1 Å². The third-order valence-electron chi connectivity index (χ3n) is 3.12. The van der Waals surface area contributed by atoms with E-state index in [4.69, 9.17) is 22.1 Å². The lowest BCUT2D eigenvalue weighted by Gasteiger charge is -2.33. The maximum absolute atomic E-state index is 12.7. The van der Waals surface area contributed by atoms with Gasteiger partial charge in [-0.3, -0.25) is 4.99 Å². The quantitative estimate of drug-likeness (QED) is 0.663. The molecule has 0 bridgehead atoms. The Bertz CT molecular complexity index is 514. The summed E-state index contributed by atoms with van der Waals surface area (Å²) in [4.78, 5) is 4.05. The lowest BCUT2D eigenvalue weighted by atomic mass is 9.81. The molecule has 7 heteroatoms. The Balaban J connectivity index is 1.88. The lowest BCUT2D eigenvalue weighted by Crippen LogP contribution is -2.37. The van der Waals surface area contributed by atoms with E-state index < -0.39 is 5.92 Å². The van der Waals surface area contributed by atoms with Gasteiger partial charge in [-0.1, -0.05) is 11.6 Å². The van der Waals surface area contributed by atoms with E-state index in [2.05, 4.69) is 10.3 Å². The molecule has 0 aromatic heterocycles. The van der Waals surface area contributed by atoms with E-state index in [-0.39, 0.29) is 24.7 Å². The summed E-state index contributed by atoms with van der Waals surface area (Å²) in [5, 5.41) is 3.31. The number of nitrogens with two attached hydrogens (primary N) is 1. The van der Waals surface area contributed by atoms with Crippen LogP contribution < -0.4 is 15.8 Å². The summed E-state index contributed by atoms with van der Waals surface area (Å²) in [5.41, 5.74) is 6.36. The zero-order chi connectivity index (χ0) is 14.8. The van der Waals surface area contributed by atoms with Crippen molar-refractivity contribution >= 4 is 23.2 Å². The van der Waals surface area contributed by atoms with Crippen molar-refractivity contribution in [3.05, 3.63) is 23.2 Å². The molecule has 2 rings (SSSR count). The molecule has 1 aliphatic carbocycles. The third kappa shape index (κ3) is 3.72. The Morgan fingerprint density at radius 1 is 1.55 bits per heavy atom. The third-order valence-corrected chi connectivity index (χ3v) is 3.41. The Morgan fingerprint density at radius 2 is 2.25 bits per heavy atom. The van der Waals surface area contributed by atoms with Crippen LogP contribution in [0, 0.1) is 5.92 Å². The molecule has 0 spiro atoms. The van der Waals surface area contributed by atoms with Crippen molar-refractivity contribution in [2.24, 2.45) is 16.6 Å². The number of nitrogens with zero attached hydrogens (tertiary/aromatic N) is 1. The number of hydrogen-bond donors (Lipinski definition) is 2. The Morgan fingerprint density at radius 3 is 2.80 bits per heavy atom. The summed E-state index contributed by atoms with van der Waals surface area (Å²) in [7, 11) is 1.53. The van der Waals surface area contributed by atoms with Crippen molar-refractivity contribution in [2.45, 2.75) is 18.8 Å². The van der Waals surface area contributed by atoms with Gasteiger partial charge >= 0.3 is 0 Å². The van der Waals surface area contributed by atoms with Crippen LogP contribution in [0.4, 0.5) is 14.5 Å². The summed E-state index contributed by atoms with van der Waals surface area (Å²) in [5.74, 6) is -1.87. The van der Waals surface area contributed by atoms with Crippen LogP contribution in [0.2, 0.25) is 5.02 Å². The summed E-state index contributed by atoms with van der Waals surface area (Å²) in [6.07, 6.45) is -0.226. The number of aliphatic imine (C=N–C) groups is 1. The first-order valence-corrected chi connectivity index (χ1v) is 6.56. The first kappa shape index (κ1) is 14.8. The first-order chi connectivity index (χ1) is 9.39. The van der Waals surface area contributed by atoms with E-state index in [9.17, 15) is 8.78 Å². The van der Waals surface area contributed by atoms with E-state index in [1.807, 2.05) is 0 Å². The second-order valence-corrected chi connectivity index (χ2v) is 5.24. The maximum Gasteiger partial charge on any atom is 0.248 e. The first-order valence-electron chi connectivity index (χ1n) is 6.18. The van der Waals surface area contributed by atoms with Crippen LogP contribution in [0.15, 0.2) is 23.2 Å². The van der Waals surface area contributed by atoms with Crippen molar-refractivity contribution < 1.29 is 13.5 Å². The van der Waals surface area contributed by atoms with E-state index in [0.717, 1.165) is 0 Å². The van der Waals surface area contributed by atoms with Crippen LogP contribution in [0.5, 0.6) is 5.75 Å². The number of hydrogen-bond acceptors (Lipinski definition) is 2. The van der Waals surface area contributed by atoms with E-state index in [1.54, 1.807) is 18.2 Å². The van der Waals surface area contributed by atoms with Gasteiger partial charge in [0.1, 0.15) is 5.75 Å². The Labute approximate surface area is 121 Å². The van der Waals surface area contributed by atoms with E-state index in [0.29, 0.717) is 23.0 Å². The topological polar surface area (TPSA) is 59.6 Å². The lowest BCUT2D eigenvalue weighted by molar-refractivity contribution is -0.107. The predicted octanol–water partition coefficient (Wildman–Crippen LogP) is 3.12. The summed E-state index contributed by atoms with van der Waals surface area (Å²) in [6, 6.07) is 5.09. The largest absolute Gasteiger partial charge is 0.495 e. The molecule has 0 saturated heterocycles. The number of ether oxygens (including phenoxy) is 1. The van der Waals surface area contributed by atoms with Gasteiger partial charge in [-0.15, -0.1) is 0 Å². The molecule has 0 aliphatic heterocycles. The standard InChI is InChI=1S/C13H16ClF2N3O/c1-20-11-3-2-9(4-10(11)14)19-12(17)18-7-8-5-13(15,16)6-8/h2-4,8H,5-7H2,1H3,(H3,17,18,19). The zero-order valence-corrected chi connectivity index (χ0v) is 11.8. The number of guanidine groups is 1. The number of nitrogens with one attached hydrogen (secondary N) is 1. The number of benzene rings is 1. The smallest absolute Gasteiger partial charge is 0.248 e.